The molecule has 0 saturated carbocycles. The maximum Gasteiger partial charge on any atom is 0.191 e. The summed E-state index contributed by atoms with van der Waals surface area (Å²) >= 11 is 0. The largest absolute Gasteiger partial charge is 0.357 e. The Morgan fingerprint density at radius 2 is 1.72 bits per heavy atom. The van der Waals surface area contributed by atoms with Crippen LogP contribution in [0.4, 0.5) is 8.78 Å². The van der Waals surface area contributed by atoms with Crippen molar-refractivity contribution in [3.8, 4) is 0 Å². The first kappa shape index (κ1) is 21.2. The molecule has 0 atom stereocenters. The van der Waals surface area contributed by atoms with E-state index in [0.29, 0.717) is 18.5 Å². The van der Waals surface area contributed by atoms with Crippen LogP contribution in [-0.4, -0.2) is 43.1 Å². The second-order valence-electron chi connectivity index (χ2n) is 7.39. The summed E-state index contributed by atoms with van der Waals surface area (Å²) in [4.78, 5) is 6.99. The van der Waals surface area contributed by atoms with Crippen molar-refractivity contribution in [2.75, 3.05) is 26.2 Å². The molecule has 0 spiro atoms. The molecular formula is C23H30F2N4. The molecule has 1 aliphatic rings. The number of aliphatic imine (C=N–C) groups is 1. The van der Waals surface area contributed by atoms with Crippen molar-refractivity contribution >= 4 is 5.96 Å². The first-order valence-electron chi connectivity index (χ1n) is 10.4. The third kappa shape index (κ3) is 6.53. The Morgan fingerprint density at radius 3 is 2.38 bits per heavy atom. The molecule has 1 heterocycles. The minimum Gasteiger partial charge on any atom is -0.357 e. The van der Waals surface area contributed by atoms with Crippen molar-refractivity contribution in [1.29, 1.82) is 0 Å². The fraction of sp³-hybridized carbons (Fsp3) is 0.435. The van der Waals surface area contributed by atoms with Gasteiger partial charge in [0.05, 0.1) is 0 Å². The van der Waals surface area contributed by atoms with Gasteiger partial charge < -0.3 is 10.6 Å². The summed E-state index contributed by atoms with van der Waals surface area (Å²) < 4.78 is 27.5. The van der Waals surface area contributed by atoms with Crippen molar-refractivity contribution in [3.63, 3.8) is 0 Å². The van der Waals surface area contributed by atoms with Gasteiger partial charge in [-0.1, -0.05) is 36.4 Å². The van der Waals surface area contributed by atoms with Crippen LogP contribution in [0, 0.1) is 11.6 Å². The highest BCUT2D eigenvalue weighted by atomic mass is 19.1. The molecule has 0 amide bonds. The standard InChI is InChI=1S/C23H30F2N4/c1-2-26-23(27-14-11-20-21(24)9-6-10-22(20)25)28-19-12-15-29(16-13-19)17-18-7-4-3-5-8-18/h3-10,19H,2,11-17H2,1H3,(H2,26,27,28). The highest BCUT2D eigenvalue weighted by molar-refractivity contribution is 5.80. The molecule has 3 rings (SSSR count). The molecule has 0 unspecified atom stereocenters. The van der Waals surface area contributed by atoms with Gasteiger partial charge in [-0.05, 0) is 43.9 Å². The van der Waals surface area contributed by atoms with Crippen LogP contribution < -0.4 is 10.6 Å². The van der Waals surface area contributed by atoms with Crippen LogP contribution in [0.15, 0.2) is 53.5 Å². The van der Waals surface area contributed by atoms with E-state index in [1.54, 1.807) is 0 Å². The van der Waals surface area contributed by atoms with E-state index < -0.39 is 11.6 Å². The Labute approximate surface area is 172 Å². The zero-order valence-electron chi connectivity index (χ0n) is 17.0. The van der Waals surface area contributed by atoms with Gasteiger partial charge in [0.25, 0.3) is 0 Å². The van der Waals surface area contributed by atoms with Crippen molar-refractivity contribution in [2.45, 2.75) is 38.8 Å². The van der Waals surface area contributed by atoms with E-state index >= 15 is 0 Å². The van der Waals surface area contributed by atoms with Crippen LogP contribution in [0.25, 0.3) is 0 Å². The Morgan fingerprint density at radius 1 is 1.03 bits per heavy atom. The van der Waals surface area contributed by atoms with Crippen molar-refractivity contribution in [2.24, 2.45) is 4.99 Å². The number of likely N-dealkylation sites (tertiary alicyclic amines) is 1. The molecule has 0 aromatic heterocycles. The van der Waals surface area contributed by atoms with E-state index in [-0.39, 0.29) is 12.0 Å². The SMILES string of the molecule is CCNC(=NCCc1c(F)cccc1F)NC1CCN(Cc2ccccc2)CC1. The lowest BCUT2D eigenvalue weighted by molar-refractivity contribution is 0.198. The third-order valence-electron chi connectivity index (χ3n) is 5.22. The molecule has 6 heteroatoms. The second kappa shape index (κ2) is 10.9. The molecule has 0 radical (unpaired) electrons. The summed E-state index contributed by atoms with van der Waals surface area (Å²) in [6.07, 6.45) is 2.32. The topological polar surface area (TPSA) is 39.7 Å². The number of benzene rings is 2. The lowest BCUT2D eigenvalue weighted by Crippen LogP contribution is -2.48. The fourth-order valence-corrected chi connectivity index (χ4v) is 3.64. The zero-order valence-corrected chi connectivity index (χ0v) is 17.0. The monoisotopic (exact) mass is 400 g/mol. The highest BCUT2D eigenvalue weighted by Crippen LogP contribution is 2.14. The number of nitrogens with one attached hydrogen (secondary N) is 2. The van der Waals surface area contributed by atoms with E-state index in [1.165, 1.54) is 23.8 Å². The molecule has 2 N–H and O–H groups in total. The van der Waals surface area contributed by atoms with Gasteiger partial charge in [-0.3, -0.25) is 9.89 Å². The second-order valence-corrected chi connectivity index (χ2v) is 7.39. The number of piperidine rings is 1. The molecule has 0 bridgehead atoms. The van der Waals surface area contributed by atoms with Crippen LogP contribution in [0.3, 0.4) is 0 Å². The van der Waals surface area contributed by atoms with Crippen LogP contribution in [0.2, 0.25) is 0 Å². The van der Waals surface area contributed by atoms with Crippen molar-refractivity contribution in [3.05, 3.63) is 71.3 Å². The number of halogens is 2. The van der Waals surface area contributed by atoms with E-state index in [1.807, 2.05) is 13.0 Å². The summed E-state index contributed by atoms with van der Waals surface area (Å²) in [6.45, 7) is 6.14. The van der Waals surface area contributed by atoms with Gasteiger partial charge in [-0.15, -0.1) is 0 Å². The van der Waals surface area contributed by atoms with E-state index in [0.717, 1.165) is 39.0 Å². The Hall–Kier alpha value is -2.47. The average Bonchev–Trinajstić information content (AvgIpc) is 2.72. The summed E-state index contributed by atoms with van der Waals surface area (Å²) in [5.74, 6) is -0.307. The minimum absolute atomic E-state index is 0.0984. The molecule has 0 aliphatic carbocycles. The molecule has 2 aromatic carbocycles. The molecule has 2 aromatic rings. The Bertz CT molecular complexity index is 766. The van der Waals surface area contributed by atoms with Crippen LogP contribution in [0.5, 0.6) is 0 Å². The molecule has 29 heavy (non-hydrogen) atoms. The maximum absolute atomic E-state index is 13.8. The van der Waals surface area contributed by atoms with E-state index in [9.17, 15) is 8.78 Å². The van der Waals surface area contributed by atoms with Crippen LogP contribution in [0.1, 0.15) is 30.9 Å². The van der Waals surface area contributed by atoms with E-state index in [2.05, 4.69) is 44.8 Å². The molecular weight excluding hydrogens is 370 g/mol. The average molecular weight is 401 g/mol. The summed E-state index contributed by atoms with van der Waals surface area (Å²) in [7, 11) is 0. The van der Waals surface area contributed by atoms with Crippen molar-refractivity contribution in [1.82, 2.24) is 15.5 Å². The third-order valence-corrected chi connectivity index (χ3v) is 5.22. The predicted octanol–water partition coefficient (Wildman–Crippen LogP) is 3.73. The first-order valence-corrected chi connectivity index (χ1v) is 10.4. The van der Waals surface area contributed by atoms with Crippen molar-refractivity contribution < 1.29 is 8.78 Å². The quantitative estimate of drug-likeness (QED) is 0.550. The normalized spacial score (nSPS) is 16.0. The molecule has 1 fully saturated rings. The summed E-state index contributed by atoms with van der Waals surface area (Å²) in [5, 5.41) is 6.72. The lowest BCUT2D eigenvalue weighted by Gasteiger charge is -2.33. The van der Waals surface area contributed by atoms with Crippen LogP contribution in [-0.2, 0) is 13.0 Å². The zero-order chi connectivity index (χ0) is 20.5. The van der Waals surface area contributed by atoms with E-state index in [4.69, 9.17) is 0 Å². The van der Waals surface area contributed by atoms with Gasteiger partial charge in [0.2, 0.25) is 0 Å². The van der Waals surface area contributed by atoms with Gasteiger partial charge in [-0.2, -0.15) is 0 Å². The molecule has 1 saturated heterocycles. The molecule has 4 nitrogen and oxygen atoms in total. The lowest BCUT2D eigenvalue weighted by atomic mass is 10.0. The number of hydrogen-bond donors (Lipinski definition) is 2. The summed E-state index contributed by atoms with van der Waals surface area (Å²) in [6, 6.07) is 14.8. The highest BCUT2D eigenvalue weighted by Gasteiger charge is 2.20. The molecule has 156 valence electrons. The number of guanidine groups is 1. The number of hydrogen-bond acceptors (Lipinski definition) is 2. The maximum atomic E-state index is 13.8. The summed E-state index contributed by atoms with van der Waals surface area (Å²) in [5.41, 5.74) is 1.44. The smallest absolute Gasteiger partial charge is 0.191 e. The molecule has 1 aliphatic heterocycles. The Kier molecular flexibility index (Phi) is 7.99. The van der Waals surface area contributed by atoms with Gasteiger partial charge in [-0.25, -0.2) is 8.78 Å². The first-order chi connectivity index (χ1) is 14.2. The van der Waals surface area contributed by atoms with Gasteiger partial charge in [0.1, 0.15) is 11.6 Å². The number of rotatable bonds is 7. The van der Waals surface area contributed by atoms with Crippen LogP contribution >= 0.6 is 0 Å². The number of nitrogens with zero attached hydrogens (tertiary/aromatic N) is 2. The predicted molar refractivity (Wildman–Crippen MR) is 114 cm³/mol. The minimum atomic E-state index is -0.510. The Balaban J connectivity index is 1.48. The van der Waals surface area contributed by atoms with Gasteiger partial charge in [0.15, 0.2) is 5.96 Å². The van der Waals surface area contributed by atoms with Gasteiger partial charge in [0, 0.05) is 44.3 Å². The fourth-order valence-electron chi connectivity index (χ4n) is 3.64. The van der Waals surface area contributed by atoms with Gasteiger partial charge >= 0.3 is 0 Å².